The number of Topliss-reactive ketones (excluding diaryl/α,β-unsaturated/α-hetero) is 2. The van der Waals surface area contributed by atoms with Gasteiger partial charge in [-0.05, 0) is 12.8 Å². The van der Waals surface area contributed by atoms with Crippen molar-refractivity contribution < 1.29 is 29.4 Å². The molecular formula is C14H20N2O6. The van der Waals surface area contributed by atoms with E-state index >= 15 is 0 Å². The van der Waals surface area contributed by atoms with Crippen LogP contribution in [0.2, 0.25) is 0 Å². The van der Waals surface area contributed by atoms with E-state index in [1.165, 1.54) is 0 Å². The van der Waals surface area contributed by atoms with Gasteiger partial charge in [-0.1, -0.05) is 12.8 Å². The van der Waals surface area contributed by atoms with E-state index < -0.39 is 47.5 Å². The monoisotopic (exact) mass is 312 g/mol. The van der Waals surface area contributed by atoms with Crippen LogP contribution in [0, 0.1) is 0 Å². The number of hydrogen-bond acceptors (Lipinski definition) is 6. The minimum atomic E-state index is -1.77. The molecule has 2 aliphatic rings. The third-order valence-corrected chi connectivity index (χ3v) is 4.15. The first-order valence-electron chi connectivity index (χ1n) is 7.39. The highest BCUT2D eigenvalue weighted by molar-refractivity contribution is 6.21. The van der Waals surface area contributed by atoms with Gasteiger partial charge >= 0.3 is 0 Å². The molecule has 1 saturated heterocycles. The molecule has 1 spiro atoms. The topological polar surface area (TPSA) is 133 Å². The molecule has 2 amide bonds. The smallest absolute Gasteiger partial charge is 0.250 e. The summed E-state index contributed by atoms with van der Waals surface area (Å²) in [4.78, 5) is 47.9. The first-order valence-corrected chi connectivity index (χ1v) is 7.39. The zero-order valence-corrected chi connectivity index (χ0v) is 12.1. The minimum absolute atomic E-state index is 0.0914. The summed E-state index contributed by atoms with van der Waals surface area (Å²) in [6.07, 6.45) is -1.95. The summed E-state index contributed by atoms with van der Waals surface area (Å²) in [5, 5.41) is 24.2. The summed E-state index contributed by atoms with van der Waals surface area (Å²) >= 11 is 0. The molecule has 2 fully saturated rings. The van der Waals surface area contributed by atoms with Gasteiger partial charge in [0.1, 0.15) is 12.2 Å². The highest BCUT2D eigenvalue weighted by Gasteiger charge is 2.55. The van der Waals surface area contributed by atoms with Crippen molar-refractivity contribution in [3.05, 3.63) is 0 Å². The number of ketones is 2. The maximum absolute atomic E-state index is 12.2. The third-order valence-electron chi connectivity index (χ3n) is 4.15. The van der Waals surface area contributed by atoms with Gasteiger partial charge in [0.05, 0.1) is 6.42 Å². The van der Waals surface area contributed by atoms with Crippen LogP contribution in [-0.2, 0) is 19.2 Å². The predicted molar refractivity (Wildman–Crippen MR) is 73.6 cm³/mol. The van der Waals surface area contributed by atoms with Gasteiger partial charge in [-0.3, -0.25) is 19.2 Å². The van der Waals surface area contributed by atoms with Crippen molar-refractivity contribution in [3.8, 4) is 0 Å². The largest absolute Gasteiger partial charge is 0.385 e. The SMILES string of the molecule is O=C1CC(O)C(=O)NC2(CCCCCN1)C(=O)CC(O)C2=O. The number of nitrogens with one attached hydrogen (secondary N) is 2. The predicted octanol–water partition coefficient (Wildman–Crippen LogP) is -1.81. The molecular weight excluding hydrogens is 292 g/mol. The fraction of sp³-hybridized carbons (Fsp3) is 0.714. The van der Waals surface area contributed by atoms with Crippen LogP contribution < -0.4 is 10.6 Å². The molecule has 3 unspecified atom stereocenters. The van der Waals surface area contributed by atoms with Crippen LogP contribution >= 0.6 is 0 Å². The van der Waals surface area contributed by atoms with Crippen LogP contribution in [0.1, 0.15) is 38.5 Å². The average molecular weight is 312 g/mol. The lowest BCUT2D eigenvalue weighted by Gasteiger charge is -2.29. The Morgan fingerprint density at radius 2 is 1.68 bits per heavy atom. The summed E-state index contributed by atoms with van der Waals surface area (Å²) in [6.45, 7) is 0.407. The van der Waals surface area contributed by atoms with Crippen LogP contribution in [0.25, 0.3) is 0 Å². The van der Waals surface area contributed by atoms with Crippen LogP contribution in [0.15, 0.2) is 0 Å². The average Bonchev–Trinajstić information content (AvgIpc) is 2.65. The maximum Gasteiger partial charge on any atom is 0.250 e. The van der Waals surface area contributed by atoms with Crippen molar-refractivity contribution in [3.63, 3.8) is 0 Å². The van der Waals surface area contributed by atoms with Crippen molar-refractivity contribution in [1.82, 2.24) is 10.6 Å². The fourth-order valence-electron chi connectivity index (χ4n) is 2.87. The van der Waals surface area contributed by atoms with Gasteiger partial charge in [0.15, 0.2) is 17.1 Å². The number of carbonyl (C=O) groups is 4. The summed E-state index contributed by atoms with van der Waals surface area (Å²) in [6, 6.07) is 0. The second-order valence-electron chi connectivity index (χ2n) is 5.78. The summed E-state index contributed by atoms with van der Waals surface area (Å²) < 4.78 is 0. The molecule has 8 nitrogen and oxygen atoms in total. The zero-order chi connectivity index (χ0) is 16.3. The molecule has 0 aromatic carbocycles. The first-order chi connectivity index (χ1) is 10.4. The molecule has 0 radical (unpaired) electrons. The first kappa shape index (κ1) is 16.6. The lowest BCUT2D eigenvalue weighted by atomic mass is 9.87. The van der Waals surface area contributed by atoms with E-state index in [1.807, 2.05) is 0 Å². The van der Waals surface area contributed by atoms with Crippen molar-refractivity contribution in [2.24, 2.45) is 0 Å². The highest BCUT2D eigenvalue weighted by Crippen LogP contribution is 2.29. The molecule has 2 rings (SSSR count). The normalized spacial score (nSPS) is 34.8. The Bertz CT molecular complexity index is 506. The molecule has 22 heavy (non-hydrogen) atoms. The number of aliphatic hydroxyl groups excluding tert-OH is 2. The van der Waals surface area contributed by atoms with Crippen LogP contribution in [-0.4, -0.2) is 57.9 Å². The summed E-state index contributed by atoms with van der Waals surface area (Å²) in [7, 11) is 0. The Morgan fingerprint density at radius 1 is 0.955 bits per heavy atom. The van der Waals surface area contributed by atoms with Gasteiger partial charge in [0.25, 0.3) is 5.91 Å². The highest BCUT2D eigenvalue weighted by atomic mass is 16.3. The third kappa shape index (κ3) is 3.17. The summed E-state index contributed by atoms with van der Waals surface area (Å²) in [5.41, 5.74) is -1.77. The number of aliphatic hydroxyl groups is 2. The number of amides is 2. The molecule has 122 valence electrons. The number of hydrogen-bond donors (Lipinski definition) is 4. The standard InChI is InChI=1S/C14H20N2O6/c17-8-6-10(19)14(12(8)21)4-2-1-3-5-15-11(20)7-9(18)13(22)16-14/h8-9,17-18H,1-7H2,(H,15,20)(H,16,22). The Hall–Kier alpha value is -1.80. The molecule has 3 atom stereocenters. The Morgan fingerprint density at radius 3 is 2.32 bits per heavy atom. The van der Waals surface area contributed by atoms with E-state index in [4.69, 9.17) is 0 Å². The molecule has 0 bridgehead atoms. The van der Waals surface area contributed by atoms with Crippen molar-refractivity contribution in [2.45, 2.75) is 56.3 Å². The fourth-order valence-corrected chi connectivity index (χ4v) is 2.87. The van der Waals surface area contributed by atoms with Crippen LogP contribution in [0.4, 0.5) is 0 Å². The molecule has 8 heteroatoms. The Balaban J connectivity index is 2.24. The molecule has 1 aliphatic carbocycles. The van der Waals surface area contributed by atoms with Crippen molar-refractivity contribution in [1.29, 1.82) is 0 Å². The van der Waals surface area contributed by atoms with Crippen molar-refractivity contribution >= 4 is 23.4 Å². The van der Waals surface area contributed by atoms with E-state index in [1.54, 1.807) is 0 Å². The summed E-state index contributed by atoms with van der Waals surface area (Å²) in [5.74, 6) is -2.71. The quantitative estimate of drug-likeness (QED) is 0.390. The van der Waals surface area contributed by atoms with E-state index in [-0.39, 0.29) is 12.8 Å². The molecule has 0 aromatic heterocycles. The molecule has 1 saturated carbocycles. The van der Waals surface area contributed by atoms with E-state index in [2.05, 4.69) is 10.6 Å². The Labute approximate surface area is 127 Å². The lowest BCUT2D eigenvalue weighted by molar-refractivity contribution is -0.143. The van der Waals surface area contributed by atoms with Gasteiger partial charge < -0.3 is 20.8 Å². The van der Waals surface area contributed by atoms with E-state index in [0.29, 0.717) is 25.8 Å². The molecule has 4 N–H and O–H groups in total. The van der Waals surface area contributed by atoms with E-state index in [0.717, 1.165) is 0 Å². The second-order valence-corrected chi connectivity index (χ2v) is 5.78. The van der Waals surface area contributed by atoms with Gasteiger partial charge in [0.2, 0.25) is 5.91 Å². The van der Waals surface area contributed by atoms with Crippen molar-refractivity contribution in [2.75, 3.05) is 6.54 Å². The number of rotatable bonds is 0. The van der Waals surface area contributed by atoms with Crippen LogP contribution in [0.5, 0.6) is 0 Å². The zero-order valence-electron chi connectivity index (χ0n) is 12.1. The van der Waals surface area contributed by atoms with Gasteiger partial charge in [0, 0.05) is 13.0 Å². The van der Waals surface area contributed by atoms with Gasteiger partial charge in [-0.2, -0.15) is 0 Å². The van der Waals surface area contributed by atoms with Crippen LogP contribution in [0.3, 0.4) is 0 Å². The minimum Gasteiger partial charge on any atom is -0.385 e. The molecule has 1 heterocycles. The van der Waals surface area contributed by atoms with E-state index in [9.17, 15) is 29.4 Å². The second kappa shape index (κ2) is 6.53. The van der Waals surface area contributed by atoms with Gasteiger partial charge in [-0.25, -0.2) is 0 Å². The molecule has 1 aliphatic heterocycles. The number of carbonyl (C=O) groups excluding carboxylic acids is 4. The van der Waals surface area contributed by atoms with Gasteiger partial charge in [-0.15, -0.1) is 0 Å². The Kier molecular flexibility index (Phi) is 4.92. The molecule has 0 aromatic rings. The lowest BCUT2D eigenvalue weighted by Crippen LogP contribution is -2.59. The maximum atomic E-state index is 12.2.